The summed E-state index contributed by atoms with van der Waals surface area (Å²) in [6, 6.07) is 19.2. The van der Waals surface area contributed by atoms with Gasteiger partial charge in [-0.05, 0) is 42.7 Å². The van der Waals surface area contributed by atoms with E-state index in [1.54, 1.807) is 23.3 Å². The molecule has 2 aromatic carbocycles. The zero-order chi connectivity index (χ0) is 20.5. The first-order valence-corrected chi connectivity index (χ1v) is 9.34. The van der Waals surface area contributed by atoms with Crippen LogP contribution < -0.4 is 0 Å². The Morgan fingerprint density at radius 2 is 1.28 bits per heavy atom. The second-order valence-electron chi connectivity index (χ2n) is 6.95. The topological polar surface area (TPSA) is 54.5 Å². The lowest BCUT2D eigenvalue weighted by Gasteiger charge is -2.20. The van der Waals surface area contributed by atoms with Crippen LogP contribution in [0, 0.1) is 0 Å². The first kappa shape index (κ1) is 18.6. The molecule has 1 amide bonds. The molecule has 0 atom stereocenters. The van der Waals surface area contributed by atoms with Crippen molar-refractivity contribution < 1.29 is 14.4 Å². The third kappa shape index (κ3) is 3.19. The largest absolute Gasteiger partial charge is 0.294 e. The molecule has 0 spiro atoms. The molecule has 2 aliphatic heterocycles. The van der Waals surface area contributed by atoms with Gasteiger partial charge < -0.3 is 0 Å². The van der Waals surface area contributed by atoms with E-state index in [1.807, 2.05) is 60.7 Å². The van der Waals surface area contributed by atoms with Crippen LogP contribution in [0.4, 0.5) is 0 Å². The minimum absolute atomic E-state index is 0.135. The Morgan fingerprint density at radius 3 is 1.79 bits per heavy atom. The highest BCUT2D eigenvalue weighted by Crippen LogP contribution is 2.43. The van der Waals surface area contributed by atoms with Crippen LogP contribution >= 0.6 is 0 Å². The number of ketones is 2. The van der Waals surface area contributed by atoms with E-state index in [2.05, 4.69) is 0 Å². The summed E-state index contributed by atoms with van der Waals surface area (Å²) in [5, 5.41) is 0. The van der Waals surface area contributed by atoms with Crippen LogP contribution in [0.25, 0.3) is 11.1 Å². The molecule has 0 aliphatic carbocycles. The van der Waals surface area contributed by atoms with Crippen molar-refractivity contribution in [2.24, 2.45) is 0 Å². The van der Waals surface area contributed by atoms with Crippen LogP contribution in [0.15, 0.2) is 95.9 Å². The summed E-state index contributed by atoms with van der Waals surface area (Å²) in [5.74, 6) is -0.718. The van der Waals surface area contributed by atoms with E-state index in [-0.39, 0.29) is 23.0 Å². The maximum atomic E-state index is 13.3. The lowest BCUT2D eigenvalue weighted by molar-refractivity contribution is -0.121. The zero-order valence-corrected chi connectivity index (χ0v) is 16.2. The third-order valence-corrected chi connectivity index (χ3v) is 5.01. The van der Waals surface area contributed by atoms with Crippen molar-refractivity contribution in [3.05, 3.63) is 107 Å². The molecule has 4 heteroatoms. The summed E-state index contributed by atoms with van der Waals surface area (Å²) in [7, 11) is 0. The zero-order valence-electron chi connectivity index (χ0n) is 16.2. The second kappa shape index (κ2) is 7.32. The van der Waals surface area contributed by atoms with Gasteiger partial charge in [0.1, 0.15) is 0 Å². The van der Waals surface area contributed by atoms with Crippen LogP contribution in [-0.4, -0.2) is 22.4 Å². The van der Waals surface area contributed by atoms with E-state index in [4.69, 9.17) is 0 Å². The van der Waals surface area contributed by atoms with Crippen LogP contribution in [0.3, 0.4) is 0 Å². The number of hydrogen-bond donors (Lipinski definition) is 0. The molecule has 2 aliphatic rings. The predicted molar refractivity (Wildman–Crippen MR) is 112 cm³/mol. The summed E-state index contributed by atoms with van der Waals surface area (Å²) in [5.41, 5.74) is 4.43. The van der Waals surface area contributed by atoms with Crippen LogP contribution in [-0.2, 0) is 14.4 Å². The highest BCUT2D eigenvalue weighted by Gasteiger charge is 2.37. The molecule has 4 nitrogen and oxygen atoms in total. The van der Waals surface area contributed by atoms with Gasteiger partial charge in [-0.25, -0.2) is 0 Å². The molecule has 142 valence electrons. The summed E-state index contributed by atoms with van der Waals surface area (Å²) in [4.78, 5) is 39.0. The van der Waals surface area contributed by atoms with Gasteiger partial charge in [0.05, 0.1) is 16.8 Å². The number of nitrogens with zero attached hydrogens (tertiary/aromatic N) is 1. The van der Waals surface area contributed by atoms with Gasteiger partial charge in [0.2, 0.25) is 0 Å². The fourth-order valence-electron chi connectivity index (χ4n) is 3.80. The molecule has 0 radical (unpaired) electrons. The van der Waals surface area contributed by atoms with Gasteiger partial charge in [-0.2, -0.15) is 0 Å². The normalized spacial score (nSPS) is 15.4. The van der Waals surface area contributed by atoms with E-state index in [9.17, 15) is 14.4 Å². The molecule has 0 fully saturated rings. The number of fused-ring (bicyclic) bond motifs is 1. The van der Waals surface area contributed by atoms with Gasteiger partial charge in [0, 0.05) is 11.8 Å². The summed E-state index contributed by atoms with van der Waals surface area (Å²) >= 11 is 0. The number of benzene rings is 2. The smallest absolute Gasteiger partial charge is 0.263 e. The standard InChI is InChI=1S/C25H19NO3/c1-16(27)22(17(2)28)20-13-14-26-21(15-20)23(18-9-5-3-6-10-18)24(25(26)29)19-11-7-4-8-12-19/h3-15H,1-2H3. The van der Waals surface area contributed by atoms with Crippen molar-refractivity contribution >= 4 is 28.6 Å². The average Bonchev–Trinajstić information content (AvgIpc) is 3.01. The number of carbonyl (C=O) groups excluding carboxylic acids is 3. The molecule has 4 rings (SSSR count). The van der Waals surface area contributed by atoms with Crippen molar-refractivity contribution in [3.8, 4) is 0 Å². The molecular weight excluding hydrogens is 362 g/mol. The minimum atomic E-state index is -0.291. The lowest BCUT2D eigenvalue weighted by atomic mass is 9.92. The Balaban J connectivity index is 2.01. The van der Waals surface area contributed by atoms with E-state index >= 15 is 0 Å². The summed E-state index contributed by atoms with van der Waals surface area (Å²) in [6.07, 6.45) is 5.04. The Morgan fingerprint density at radius 1 is 0.759 bits per heavy atom. The Kier molecular flexibility index (Phi) is 4.69. The second-order valence-corrected chi connectivity index (χ2v) is 6.95. The maximum Gasteiger partial charge on any atom is 0.263 e. The van der Waals surface area contributed by atoms with Gasteiger partial charge in [0.15, 0.2) is 11.6 Å². The fourth-order valence-corrected chi connectivity index (χ4v) is 3.80. The van der Waals surface area contributed by atoms with Crippen molar-refractivity contribution in [2.45, 2.75) is 13.8 Å². The van der Waals surface area contributed by atoms with Crippen molar-refractivity contribution in [3.63, 3.8) is 0 Å². The molecule has 2 heterocycles. The quantitative estimate of drug-likeness (QED) is 0.450. The van der Waals surface area contributed by atoms with E-state index in [1.165, 1.54) is 13.8 Å². The first-order chi connectivity index (χ1) is 14.0. The van der Waals surface area contributed by atoms with Crippen LogP contribution in [0.2, 0.25) is 0 Å². The van der Waals surface area contributed by atoms with Gasteiger partial charge in [-0.15, -0.1) is 0 Å². The average molecular weight is 381 g/mol. The monoisotopic (exact) mass is 381 g/mol. The van der Waals surface area contributed by atoms with Crippen molar-refractivity contribution in [1.29, 1.82) is 0 Å². The number of allylic oxidation sites excluding steroid dienone is 5. The Labute approximate surface area is 169 Å². The minimum Gasteiger partial charge on any atom is -0.294 e. The van der Waals surface area contributed by atoms with Crippen molar-refractivity contribution in [2.75, 3.05) is 0 Å². The Bertz CT molecular complexity index is 1130. The highest BCUT2D eigenvalue weighted by atomic mass is 16.2. The number of rotatable bonds is 4. The molecule has 0 saturated heterocycles. The molecule has 0 N–H and O–H groups in total. The van der Waals surface area contributed by atoms with Gasteiger partial charge in [0.25, 0.3) is 5.91 Å². The summed E-state index contributed by atoms with van der Waals surface area (Å²) < 4.78 is 0. The number of carbonyl (C=O) groups is 3. The van der Waals surface area contributed by atoms with E-state index < -0.39 is 0 Å². The Hall–Kier alpha value is -3.79. The van der Waals surface area contributed by atoms with Crippen LogP contribution in [0.1, 0.15) is 25.0 Å². The molecule has 29 heavy (non-hydrogen) atoms. The highest BCUT2D eigenvalue weighted by molar-refractivity contribution is 6.34. The van der Waals surface area contributed by atoms with E-state index in [0.29, 0.717) is 16.8 Å². The fraction of sp³-hybridized carbons (Fsp3) is 0.0800. The maximum absolute atomic E-state index is 13.3. The summed E-state index contributed by atoms with van der Waals surface area (Å²) in [6.45, 7) is 2.76. The van der Waals surface area contributed by atoms with Gasteiger partial charge in [-0.3, -0.25) is 19.3 Å². The van der Waals surface area contributed by atoms with Crippen LogP contribution in [0.5, 0.6) is 0 Å². The molecule has 0 bridgehead atoms. The lowest BCUT2D eigenvalue weighted by Crippen LogP contribution is -2.22. The molecule has 0 unspecified atom stereocenters. The molecular formula is C25H19NO3. The number of Topliss-reactive ketones (excluding diaryl/α,β-unsaturated/α-hetero) is 2. The van der Waals surface area contributed by atoms with Gasteiger partial charge >= 0.3 is 0 Å². The molecule has 2 aromatic rings. The predicted octanol–water partition coefficient (Wildman–Crippen LogP) is 4.33. The SMILES string of the molecule is CC(=O)C(C(C)=O)=C1C=CN2C(=O)C(c3ccccc3)=C(c3ccccc3)C2=C1. The van der Waals surface area contributed by atoms with Gasteiger partial charge in [-0.1, -0.05) is 60.7 Å². The number of hydrogen-bond acceptors (Lipinski definition) is 3. The third-order valence-electron chi connectivity index (χ3n) is 5.01. The first-order valence-electron chi connectivity index (χ1n) is 9.34. The van der Waals surface area contributed by atoms with E-state index in [0.717, 1.165) is 16.7 Å². The van der Waals surface area contributed by atoms with Crippen molar-refractivity contribution in [1.82, 2.24) is 4.90 Å². The number of amides is 1. The molecule has 0 aromatic heterocycles. The molecule has 0 saturated carbocycles.